The molecule has 1 aromatic rings. The molecule has 1 aliphatic heterocycles. The van der Waals surface area contributed by atoms with Gasteiger partial charge in [-0.1, -0.05) is 6.07 Å². The van der Waals surface area contributed by atoms with E-state index < -0.39 is 5.41 Å². The summed E-state index contributed by atoms with van der Waals surface area (Å²) < 4.78 is 20.9. The van der Waals surface area contributed by atoms with Crippen LogP contribution in [0.2, 0.25) is 0 Å². The molecule has 0 spiro atoms. The lowest BCUT2D eigenvalue weighted by Crippen LogP contribution is -2.54. The first-order valence-corrected chi connectivity index (χ1v) is 6.15. The van der Waals surface area contributed by atoms with Gasteiger partial charge in [0.2, 0.25) is 0 Å². The van der Waals surface area contributed by atoms with Gasteiger partial charge in [-0.2, -0.15) is 0 Å². The van der Waals surface area contributed by atoms with Gasteiger partial charge in [-0.05, 0) is 13.0 Å². The van der Waals surface area contributed by atoms with Crippen LogP contribution in [0.5, 0.6) is 11.5 Å². The lowest BCUT2D eigenvalue weighted by molar-refractivity contribution is -0.169. The van der Waals surface area contributed by atoms with E-state index in [9.17, 15) is 4.79 Å². The number of methoxy groups -OCH3 is 2. The van der Waals surface area contributed by atoms with Gasteiger partial charge in [0, 0.05) is 11.6 Å². The third kappa shape index (κ3) is 2.26. The highest BCUT2D eigenvalue weighted by molar-refractivity contribution is 5.86. The molecule has 0 saturated carbocycles. The molecule has 1 saturated heterocycles. The molecular formula is C14H18O5. The van der Waals surface area contributed by atoms with E-state index in [0.29, 0.717) is 31.3 Å². The van der Waals surface area contributed by atoms with E-state index >= 15 is 0 Å². The van der Waals surface area contributed by atoms with Gasteiger partial charge >= 0.3 is 5.97 Å². The number of esters is 1. The van der Waals surface area contributed by atoms with Crippen molar-refractivity contribution in [2.45, 2.75) is 12.3 Å². The van der Waals surface area contributed by atoms with Gasteiger partial charge in [-0.15, -0.1) is 0 Å². The van der Waals surface area contributed by atoms with Crippen molar-refractivity contribution in [3.8, 4) is 11.5 Å². The first-order chi connectivity index (χ1) is 9.17. The van der Waals surface area contributed by atoms with E-state index in [1.807, 2.05) is 6.07 Å². The van der Waals surface area contributed by atoms with Gasteiger partial charge in [0.25, 0.3) is 0 Å². The molecule has 2 rings (SSSR count). The fraction of sp³-hybridized carbons (Fsp3) is 0.500. The number of ether oxygens (including phenoxy) is 4. The van der Waals surface area contributed by atoms with Crippen molar-refractivity contribution in [1.29, 1.82) is 0 Å². The minimum absolute atomic E-state index is 0.273. The third-order valence-electron chi connectivity index (χ3n) is 3.29. The van der Waals surface area contributed by atoms with Gasteiger partial charge in [0.1, 0.15) is 16.9 Å². The second-order valence-corrected chi connectivity index (χ2v) is 4.36. The fourth-order valence-corrected chi connectivity index (χ4v) is 2.15. The summed E-state index contributed by atoms with van der Waals surface area (Å²) in [7, 11) is 3.15. The van der Waals surface area contributed by atoms with Crippen LogP contribution in [0.4, 0.5) is 0 Å². The Bertz CT molecular complexity index is 465. The topological polar surface area (TPSA) is 54.0 Å². The smallest absolute Gasteiger partial charge is 0.321 e. The van der Waals surface area contributed by atoms with Crippen LogP contribution >= 0.6 is 0 Å². The van der Waals surface area contributed by atoms with E-state index in [-0.39, 0.29) is 5.97 Å². The maximum absolute atomic E-state index is 12.2. The van der Waals surface area contributed by atoms with Gasteiger partial charge in [0.05, 0.1) is 34.0 Å². The molecule has 5 nitrogen and oxygen atoms in total. The maximum atomic E-state index is 12.2. The molecule has 0 amide bonds. The fourth-order valence-electron chi connectivity index (χ4n) is 2.15. The third-order valence-corrected chi connectivity index (χ3v) is 3.29. The maximum Gasteiger partial charge on any atom is 0.321 e. The zero-order valence-corrected chi connectivity index (χ0v) is 11.4. The zero-order valence-electron chi connectivity index (χ0n) is 11.4. The summed E-state index contributed by atoms with van der Waals surface area (Å²) in [5.41, 5.74) is 0.0219. The van der Waals surface area contributed by atoms with Crippen molar-refractivity contribution in [3.63, 3.8) is 0 Å². The molecule has 1 heterocycles. The molecule has 1 aromatic carbocycles. The van der Waals surface area contributed by atoms with Crippen molar-refractivity contribution in [3.05, 3.63) is 23.8 Å². The highest BCUT2D eigenvalue weighted by Crippen LogP contribution is 2.40. The molecule has 5 heteroatoms. The van der Waals surface area contributed by atoms with Gasteiger partial charge in [-0.25, -0.2) is 0 Å². The molecule has 19 heavy (non-hydrogen) atoms. The largest absolute Gasteiger partial charge is 0.497 e. The van der Waals surface area contributed by atoms with Crippen LogP contribution in [0.1, 0.15) is 12.5 Å². The lowest BCUT2D eigenvalue weighted by Gasteiger charge is -2.39. The predicted molar refractivity (Wildman–Crippen MR) is 68.7 cm³/mol. The van der Waals surface area contributed by atoms with E-state index in [2.05, 4.69) is 0 Å². The Hall–Kier alpha value is -1.75. The SMILES string of the molecule is CCOC(=O)C1(c2ccc(OC)cc2OC)COC1. The minimum Gasteiger partial charge on any atom is -0.497 e. The van der Waals surface area contributed by atoms with Crippen molar-refractivity contribution < 1.29 is 23.7 Å². The van der Waals surface area contributed by atoms with Crippen molar-refractivity contribution in [2.75, 3.05) is 34.0 Å². The average molecular weight is 266 g/mol. The highest BCUT2D eigenvalue weighted by atomic mass is 16.6. The predicted octanol–water partition coefficient (Wildman–Crippen LogP) is 1.53. The zero-order chi connectivity index (χ0) is 13.9. The summed E-state index contributed by atoms with van der Waals surface area (Å²) in [5.74, 6) is 1.01. The molecule has 0 atom stereocenters. The van der Waals surface area contributed by atoms with Crippen LogP contribution in [-0.4, -0.2) is 40.0 Å². The molecule has 0 radical (unpaired) electrons. The van der Waals surface area contributed by atoms with E-state index in [0.717, 1.165) is 5.56 Å². The molecule has 1 fully saturated rings. The first kappa shape index (κ1) is 13.7. The number of carbonyl (C=O) groups excluding carboxylic acids is 1. The normalized spacial score (nSPS) is 16.4. The van der Waals surface area contributed by atoms with E-state index in [1.165, 1.54) is 0 Å². The van der Waals surface area contributed by atoms with Crippen LogP contribution < -0.4 is 9.47 Å². The van der Waals surface area contributed by atoms with Crippen LogP contribution in [-0.2, 0) is 19.7 Å². The van der Waals surface area contributed by atoms with Crippen LogP contribution in [0, 0.1) is 0 Å². The van der Waals surface area contributed by atoms with Crippen molar-refractivity contribution in [1.82, 2.24) is 0 Å². The Morgan fingerprint density at radius 2 is 2.05 bits per heavy atom. The molecular weight excluding hydrogens is 248 g/mol. The van der Waals surface area contributed by atoms with Gasteiger partial charge in [0.15, 0.2) is 0 Å². The number of rotatable bonds is 5. The summed E-state index contributed by atoms with van der Waals surface area (Å²) in [4.78, 5) is 12.2. The average Bonchev–Trinajstić information content (AvgIpc) is 2.38. The molecule has 0 bridgehead atoms. The highest BCUT2D eigenvalue weighted by Gasteiger charge is 2.50. The molecule has 0 N–H and O–H groups in total. The number of hydrogen-bond donors (Lipinski definition) is 0. The molecule has 1 aliphatic rings. The van der Waals surface area contributed by atoms with E-state index in [4.69, 9.17) is 18.9 Å². The number of hydrogen-bond acceptors (Lipinski definition) is 5. The summed E-state index contributed by atoms with van der Waals surface area (Å²) in [6.45, 7) is 2.76. The number of carbonyl (C=O) groups is 1. The molecule has 0 aromatic heterocycles. The Kier molecular flexibility index (Phi) is 3.95. The standard InChI is InChI=1S/C14H18O5/c1-4-19-13(15)14(8-18-9-14)11-6-5-10(16-2)7-12(11)17-3/h5-7H,4,8-9H2,1-3H3. The minimum atomic E-state index is -0.756. The summed E-state index contributed by atoms with van der Waals surface area (Å²) in [6, 6.07) is 5.39. The summed E-state index contributed by atoms with van der Waals surface area (Å²) in [5, 5.41) is 0. The summed E-state index contributed by atoms with van der Waals surface area (Å²) >= 11 is 0. The van der Waals surface area contributed by atoms with Crippen molar-refractivity contribution >= 4 is 5.97 Å². The Morgan fingerprint density at radius 3 is 2.53 bits per heavy atom. The summed E-state index contributed by atoms with van der Waals surface area (Å²) in [6.07, 6.45) is 0. The van der Waals surface area contributed by atoms with Gasteiger partial charge in [-0.3, -0.25) is 4.79 Å². The van der Waals surface area contributed by atoms with E-state index in [1.54, 1.807) is 33.3 Å². The quantitative estimate of drug-likeness (QED) is 0.757. The molecule has 0 unspecified atom stereocenters. The monoisotopic (exact) mass is 266 g/mol. The lowest BCUT2D eigenvalue weighted by atomic mass is 9.78. The Balaban J connectivity index is 2.40. The van der Waals surface area contributed by atoms with Crippen LogP contribution in [0.15, 0.2) is 18.2 Å². The second kappa shape index (κ2) is 5.48. The Morgan fingerprint density at radius 1 is 1.32 bits per heavy atom. The first-order valence-electron chi connectivity index (χ1n) is 6.15. The van der Waals surface area contributed by atoms with Crippen LogP contribution in [0.3, 0.4) is 0 Å². The Labute approximate surface area is 112 Å². The molecule has 0 aliphatic carbocycles. The molecule has 104 valence electrons. The second-order valence-electron chi connectivity index (χ2n) is 4.36. The van der Waals surface area contributed by atoms with Gasteiger partial charge < -0.3 is 18.9 Å². The van der Waals surface area contributed by atoms with Crippen molar-refractivity contribution in [2.24, 2.45) is 0 Å². The number of benzene rings is 1. The van der Waals surface area contributed by atoms with Crippen LogP contribution in [0.25, 0.3) is 0 Å².